The van der Waals surface area contributed by atoms with Gasteiger partial charge in [0.15, 0.2) is 5.13 Å². The molecule has 0 aliphatic heterocycles. The van der Waals surface area contributed by atoms with Gasteiger partial charge in [-0.2, -0.15) is 0 Å². The summed E-state index contributed by atoms with van der Waals surface area (Å²) >= 11 is 1.27. The van der Waals surface area contributed by atoms with Crippen LogP contribution in [0.3, 0.4) is 0 Å². The van der Waals surface area contributed by atoms with Crippen LogP contribution in [0.4, 0.5) is 5.13 Å². The average molecular weight is 362 g/mol. The fourth-order valence-electron chi connectivity index (χ4n) is 2.58. The molecule has 0 spiro atoms. The molecule has 1 aromatic heterocycles. The molecule has 2 aromatic rings. The van der Waals surface area contributed by atoms with Gasteiger partial charge in [-0.05, 0) is 38.8 Å². The van der Waals surface area contributed by atoms with Gasteiger partial charge < -0.3 is 9.47 Å². The Balaban J connectivity index is 2.02. The van der Waals surface area contributed by atoms with E-state index in [1.807, 2.05) is 33.1 Å². The number of thiazole rings is 1. The Kier molecular flexibility index (Phi) is 6.66. The highest BCUT2D eigenvalue weighted by Gasteiger charge is 2.18. The smallest absolute Gasteiger partial charge is 0.397 e. The van der Waals surface area contributed by atoms with Crippen LogP contribution in [0.25, 0.3) is 11.3 Å². The summed E-state index contributed by atoms with van der Waals surface area (Å²) in [6.07, 6.45) is 0. The Morgan fingerprint density at radius 3 is 2.48 bits per heavy atom. The molecule has 0 saturated heterocycles. The first-order valence-corrected chi connectivity index (χ1v) is 8.90. The highest BCUT2D eigenvalue weighted by atomic mass is 32.1. The molecular weight excluding hydrogens is 340 g/mol. The van der Waals surface area contributed by atoms with E-state index in [1.165, 1.54) is 16.9 Å². The number of aryl methyl sites for hydroxylation is 3. The second-order valence-electron chi connectivity index (χ2n) is 5.60. The number of benzene rings is 1. The number of rotatable bonds is 6. The van der Waals surface area contributed by atoms with Crippen LogP contribution in [0.1, 0.15) is 23.6 Å². The standard InChI is InChI=1S/C18H22N2O4S/c1-5-23-6-7-24-17(22)16(21)20-18-19-14(10-25-18)15-12(3)8-11(2)9-13(15)4/h8-10H,5-7H2,1-4H3,(H,19,20,21). The molecule has 0 bridgehead atoms. The molecular formula is C18H22N2O4S. The lowest BCUT2D eigenvalue weighted by Crippen LogP contribution is -2.26. The molecule has 0 atom stereocenters. The van der Waals surface area contributed by atoms with E-state index in [0.717, 1.165) is 22.4 Å². The monoisotopic (exact) mass is 362 g/mol. The number of nitrogens with zero attached hydrogens (tertiary/aromatic N) is 1. The number of hydrogen-bond donors (Lipinski definition) is 1. The number of nitrogens with one attached hydrogen (secondary N) is 1. The number of ether oxygens (including phenoxy) is 2. The summed E-state index contributed by atoms with van der Waals surface area (Å²) in [7, 11) is 0. The SMILES string of the molecule is CCOCCOC(=O)C(=O)Nc1nc(-c2c(C)cc(C)cc2C)cs1. The summed E-state index contributed by atoms with van der Waals surface area (Å²) in [6, 6.07) is 4.19. The predicted molar refractivity (Wildman–Crippen MR) is 97.8 cm³/mol. The van der Waals surface area contributed by atoms with Gasteiger partial charge in [-0.25, -0.2) is 9.78 Å². The lowest BCUT2D eigenvalue weighted by atomic mass is 9.98. The van der Waals surface area contributed by atoms with Gasteiger partial charge in [0.05, 0.1) is 12.3 Å². The minimum absolute atomic E-state index is 0.0466. The molecule has 1 heterocycles. The zero-order chi connectivity index (χ0) is 18.4. The average Bonchev–Trinajstić information content (AvgIpc) is 2.98. The summed E-state index contributed by atoms with van der Waals surface area (Å²) in [4.78, 5) is 27.9. The van der Waals surface area contributed by atoms with Crippen LogP contribution in [0.2, 0.25) is 0 Å². The van der Waals surface area contributed by atoms with E-state index in [1.54, 1.807) is 0 Å². The van der Waals surface area contributed by atoms with Gasteiger partial charge >= 0.3 is 11.9 Å². The molecule has 1 N–H and O–H groups in total. The van der Waals surface area contributed by atoms with Crippen LogP contribution < -0.4 is 5.32 Å². The summed E-state index contributed by atoms with van der Waals surface area (Å²) < 4.78 is 9.87. The Hall–Kier alpha value is -2.25. The number of hydrogen-bond acceptors (Lipinski definition) is 6. The third kappa shape index (κ3) is 5.11. The van der Waals surface area contributed by atoms with E-state index < -0.39 is 11.9 Å². The topological polar surface area (TPSA) is 77.5 Å². The predicted octanol–water partition coefficient (Wildman–Crippen LogP) is 3.25. The van der Waals surface area contributed by atoms with E-state index in [4.69, 9.17) is 9.47 Å². The van der Waals surface area contributed by atoms with Crippen molar-refractivity contribution in [2.24, 2.45) is 0 Å². The van der Waals surface area contributed by atoms with E-state index in [0.29, 0.717) is 11.7 Å². The molecule has 0 aliphatic rings. The molecule has 0 radical (unpaired) electrons. The summed E-state index contributed by atoms with van der Waals surface area (Å²) in [5, 5.41) is 4.70. The lowest BCUT2D eigenvalue weighted by Gasteiger charge is -2.08. The van der Waals surface area contributed by atoms with Crippen molar-refractivity contribution in [3.8, 4) is 11.3 Å². The van der Waals surface area contributed by atoms with Gasteiger partial charge in [0, 0.05) is 17.6 Å². The second kappa shape index (κ2) is 8.73. The zero-order valence-electron chi connectivity index (χ0n) is 14.8. The van der Waals surface area contributed by atoms with Gasteiger partial charge in [-0.3, -0.25) is 10.1 Å². The van der Waals surface area contributed by atoms with Gasteiger partial charge in [0.1, 0.15) is 6.61 Å². The van der Waals surface area contributed by atoms with E-state index in [2.05, 4.69) is 22.4 Å². The molecule has 0 fully saturated rings. The van der Waals surface area contributed by atoms with Crippen molar-refractivity contribution in [1.82, 2.24) is 4.98 Å². The third-order valence-corrected chi connectivity index (χ3v) is 4.27. The minimum atomic E-state index is -0.945. The first-order chi connectivity index (χ1) is 11.9. The highest BCUT2D eigenvalue weighted by molar-refractivity contribution is 7.14. The third-order valence-electron chi connectivity index (χ3n) is 3.51. The molecule has 2 rings (SSSR count). The van der Waals surface area contributed by atoms with Crippen LogP contribution >= 0.6 is 11.3 Å². The molecule has 1 aromatic carbocycles. The van der Waals surface area contributed by atoms with E-state index in [-0.39, 0.29) is 13.2 Å². The van der Waals surface area contributed by atoms with Crippen molar-refractivity contribution in [3.05, 3.63) is 34.2 Å². The largest absolute Gasteiger partial charge is 0.456 e. The Morgan fingerprint density at radius 2 is 1.84 bits per heavy atom. The van der Waals surface area contributed by atoms with Crippen molar-refractivity contribution < 1.29 is 19.1 Å². The Morgan fingerprint density at radius 1 is 1.16 bits per heavy atom. The molecule has 0 aliphatic carbocycles. The van der Waals surface area contributed by atoms with E-state index >= 15 is 0 Å². The first-order valence-electron chi connectivity index (χ1n) is 8.02. The van der Waals surface area contributed by atoms with Crippen LogP contribution in [0.5, 0.6) is 0 Å². The van der Waals surface area contributed by atoms with Crippen LogP contribution in [0.15, 0.2) is 17.5 Å². The number of aromatic nitrogens is 1. The number of amides is 1. The minimum Gasteiger partial charge on any atom is -0.456 e. The zero-order valence-corrected chi connectivity index (χ0v) is 15.7. The normalized spacial score (nSPS) is 10.6. The Labute approximate surface area is 151 Å². The van der Waals surface area contributed by atoms with Crippen LogP contribution in [-0.4, -0.2) is 36.7 Å². The Bertz CT molecular complexity index is 747. The highest BCUT2D eigenvalue weighted by Crippen LogP contribution is 2.31. The second-order valence-corrected chi connectivity index (χ2v) is 6.46. The van der Waals surface area contributed by atoms with Gasteiger partial charge in [0.2, 0.25) is 0 Å². The summed E-state index contributed by atoms with van der Waals surface area (Å²) in [5.41, 5.74) is 5.26. The fraction of sp³-hybridized carbons (Fsp3) is 0.389. The van der Waals surface area contributed by atoms with Crippen LogP contribution in [0, 0.1) is 20.8 Å². The van der Waals surface area contributed by atoms with Gasteiger partial charge in [-0.1, -0.05) is 17.7 Å². The summed E-state index contributed by atoms with van der Waals surface area (Å²) in [5.74, 6) is -1.78. The van der Waals surface area contributed by atoms with Crippen molar-refractivity contribution in [1.29, 1.82) is 0 Å². The molecule has 25 heavy (non-hydrogen) atoms. The van der Waals surface area contributed by atoms with Crippen molar-refractivity contribution in [2.75, 3.05) is 25.1 Å². The molecule has 7 heteroatoms. The quantitative estimate of drug-likeness (QED) is 0.485. The molecule has 6 nitrogen and oxygen atoms in total. The number of carbonyl (C=O) groups excluding carboxylic acids is 2. The maximum Gasteiger partial charge on any atom is 0.397 e. The van der Waals surface area contributed by atoms with Gasteiger partial charge in [0.25, 0.3) is 0 Å². The van der Waals surface area contributed by atoms with Crippen molar-refractivity contribution in [2.45, 2.75) is 27.7 Å². The first kappa shape index (κ1) is 19.1. The molecule has 134 valence electrons. The van der Waals surface area contributed by atoms with Crippen molar-refractivity contribution >= 4 is 28.3 Å². The molecule has 1 amide bonds. The number of carbonyl (C=O) groups is 2. The van der Waals surface area contributed by atoms with E-state index in [9.17, 15) is 9.59 Å². The molecule has 0 saturated carbocycles. The lowest BCUT2D eigenvalue weighted by molar-refractivity contribution is -0.153. The maximum atomic E-state index is 11.8. The maximum absolute atomic E-state index is 11.8. The van der Waals surface area contributed by atoms with Gasteiger partial charge in [-0.15, -0.1) is 11.3 Å². The summed E-state index contributed by atoms with van der Waals surface area (Å²) in [6.45, 7) is 8.79. The number of anilines is 1. The molecule has 0 unspecified atom stereocenters. The fourth-order valence-corrected chi connectivity index (χ4v) is 3.28. The number of esters is 1. The van der Waals surface area contributed by atoms with Crippen molar-refractivity contribution in [3.63, 3.8) is 0 Å². The van der Waals surface area contributed by atoms with Crippen LogP contribution in [-0.2, 0) is 19.1 Å².